The summed E-state index contributed by atoms with van der Waals surface area (Å²) in [6.45, 7) is 7.84. The third kappa shape index (κ3) is 5.21. The number of hydrogen-bond donors (Lipinski definition) is 1. The second-order valence-electron chi connectivity index (χ2n) is 6.24. The van der Waals surface area contributed by atoms with Gasteiger partial charge in [-0.3, -0.25) is 14.5 Å². The molecular formula is C17H27IN8O. The van der Waals surface area contributed by atoms with Crippen LogP contribution >= 0.6 is 24.0 Å². The van der Waals surface area contributed by atoms with Crippen LogP contribution in [0.4, 0.5) is 5.69 Å². The van der Waals surface area contributed by atoms with Crippen LogP contribution in [0.1, 0.15) is 12.7 Å². The average Bonchev–Trinajstić information content (AvgIpc) is 3.22. The number of hydrogen-bond acceptors (Lipinski definition) is 4. The van der Waals surface area contributed by atoms with E-state index in [2.05, 4.69) is 25.0 Å². The van der Waals surface area contributed by atoms with Crippen molar-refractivity contribution in [3.8, 4) is 0 Å². The number of aromatic nitrogens is 4. The Morgan fingerprint density at radius 2 is 2.19 bits per heavy atom. The van der Waals surface area contributed by atoms with E-state index in [1.165, 1.54) is 0 Å². The normalized spacial score (nSPS) is 15.1. The van der Waals surface area contributed by atoms with E-state index in [0.717, 1.165) is 37.1 Å². The van der Waals surface area contributed by atoms with Crippen LogP contribution in [0.15, 0.2) is 29.8 Å². The first-order valence-electron chi connectivity index (χ1n) is 8.88. The molecule has 1 aliphatic heterocycles. The Balaban J connectivity index is 0.00000261. The van der Waals surface area contributed by atoms with Gasteiger partial charge in [0.25, 0.3) is 0 Å². The summed E-state index contributed by atoms with van der Waals surface area (Å²) >= 11 is 0. The summed E-state index contributed by atoms with van der Waals surface area (Å²) in [7, 11) is 1.85. The summed E-state index contributed by atoms with van der Waals surface area (Å²) in [5, 5.41) is 7.44. The van der Waals surface area contributed by atoms with Crippen LogP contribution in [0.3, 0.4) is 0 Å². The monoisotopic (exact) mass is 486 g/mol. The van der Waals surface area contributed by atoms with Crippen LogP contribution in [0, 0.1) is 6.92 Å². The van der Waals surface area contributed by atoms with Crippen molar-refractivity contribution in [2.75, 3.05) is 37.6 Å². The topological polar surface area (TPSA) is 83.6 Å². The summed E-state index contributed by atoms with van der Waals surface area (Å²) < 4.78 is 3.77. The molecule has 10 heteroatoms. The predicted octanol–water partition coefficient (Wildman–Crippen LogP) is 0.857. The number of aliphatic imine (C=N–C) groups is 1. The number of piperazine rings is 1. The van der Waals surface area contributed by atoms with Gasteiger partial charge in [-0.1, -0.05) is 0 Å². The first-order valence-corrected chi connectivity index (χ1v) is 8.88. The Bertz CT molecular complexity index is 784. The van der Waals surface area contributed by atoms with Crippen LogP contribution < -0.4 is 10.2 Å². The molecule has 27 heavy (non-hydrogen) atoms. The molecule has 148 valence electrons. The van der Waals surface area contributed by atoms with E-state index >= 15 is 0 Å². The van der Waals surface area contributed by atoms with Crippen molar-refractivity contribution in [2.45, 2.75) is 20.4 Å². The van der Waals surface area contributed by atoms with Gasteiger partial charge in [0.1, 0.15) is 12.4 Å². The molecule has 0 radical (unpaired) electrons. The molecule has 0 bridgehead atoms. The van der Waals surface area contributed by atoms with Crippen molar-refractivity contribution in [1.82, 2.24) is 29.5 Å². The highest BCUT2D eigenvalue weighted by atomic mass is 127. The van der Waals surface area contributed by atoms with Gasteiger partial charge in [0.05, 0.1) is 18.4 Å². The molecule has 0 aliphatic carbocycles. The highest BCUT2D eigenvalue weighted by molar-refractivity contribution is 14.0. The van der Waals surface area contributed by atoms with Gasteiger partial charge in [0, 0.05) is 51.8 Å². The maximum atomic E-state index is 12.6. The number of imidazole rings is 1. The van der Waals surface area contributed by atoms with E-state index in [-0.39, 0.29) is 29.9 Å². The van der Waals surface area contributed by atoms with Crippen LogP contribution in [0.5, 0.6) is 0 Å². The Morgan fingerprint density at radius 1 is 1.37 bits per heavy atom. The molecule has 0 spiro atoms. The van der Waals surface area contributed by atoms with Gasteiger partial charge in [-0.05, 0) is 13.8 Å². The Kier molecular flexibility index (Phi) is 7.63. The fraction of sp³-hybridized carbons (Fsp3) is 0.529. The number of carbonyl (C=O) groups excluding carboxylic acids is 1. The molecule has 0 atom stereocenters. The molecule has 0 saturated carbocycles. The number of amides is 1. The standard InChI is InChI=1S/C17H26N8O.HI/c1-4-18-17(20-6-8-23-7-5-19-14(23)2)24-9-10-25(16(26)13-24)15-11-21-22(3)12-15;/h5,7,11-12H,4,6,8-10,13H2,1-3H3,(H,18,20);1H. The smallest absolute Gasteiger partial charge is 0.246 e. The minimum absolute atomic E-state index is 0. The lowest BCUT2D eigenvalue weighted by molar-refractivity contribution is -0.120. The van der Waals surface area contributed by atoms with Crippen molar-refractivity contribution < 1.29 is 4.79 Å². The van der Waals surface area contributed by atoms with E-state index < -0.39 is 0 Å². The Labute approximate surface area is 176 Å². The van der Waals surface area contributed by atoms with Crippen LogP contribution in [-0.2, 0) is 18.4 Å². The molecule has 2 aromatic heterocycles. The van der Waals surface area contributed by atoms with Crippen molar-refractivity contribution >= 4 is 41.5 Å². The lowest BCUT2D eigenvalue weighted by Gasteiger charge is -2.35. The molecule has 3 rings (SSSR count). The third-order valence-electron chi connectivity index (χ3n) is 4.38. The third-order valence-corrected chi connectivity index (χ3v) is 4.38. The fourth-order valence-electron chi connectivity index (χ4n) is 3.00. The summed E-state index contributed by atoms with van der Waals surface area (Å²) in [5.41, 5.74) is 0.842. The molecule has 0 unspecified atom stereocenters. The Hall–Kier alpha value is -2.11. The average molecular weight is 486 g/mol. The van der Waals surface area contributed by atoms with Gasteiger partial charge in [0.2, 0.25) is 5.91 Å². The highest BCUT2D eigenvalue weighted by Crippen LogP contribution is 2.16. The number of rotatable bonds is 5. The van der Waals surface area contributed by atoms with Gasteiger partial charge >= 0.3 is 0 Å². The predicted molar refractivity (Wildman–Crippen MR) is 115 cm³/mol. The quantitative estimate of drug-likeness (QED) is 0.385. The molecule has 1 saturated heterocycles. The molecule has 9 nitrogen and oxygen atoms in total. The summed E-state index contributed by atoms with van der Waals surface area (Å²) in [6.07, 6.45) is 7.33. The number of nitrogens with zero attached hydrogens (tertiary/aromatic N) is 7. The van der Waals surface area contributed by atoms with Crippen LogP contribution in [-0.4, -0.2) is 68.8 Å². The SMILES string of the molecule is CCNC(=NCCn1ccnc1C)N1CCN(c2cnn(C)c2)C(=O)C1.I. The highest BCUT2D eigenvalue weighted by Gasteiger charge is 2.27. The van der Waals surface area contributed by atoms with Gasteiger partial charge in [-0.15, -0.1) is 24.0 Å². The van der Waals surface area contributed by atoms with Crippen molar-refractivity contribution in [3.05, 3.63) is 30.6 Å². The maximum Gasteiger partial charge on any atom is 0.246 e. The molecule has 1 aliphatic rings. The van der Waals surface area contributed by atoms with E-state index in [9.17, 15) is 4.79 Å². The number of halogens is 1. The molecule has 0 aromatic carbocycles. The molecule has 3 heterocycles. The van der Waals surface area contributed by atoms with E-state index in [1.807, 2.05) is 38.2 Å². The Morgan fingerprint density at radius 3 is 2.78 bits per heavy atom. The number of carbonyl (C=O) groups is 1. The first kappa shape index (κ1) is 21.2. The number of anilines is 1. The van der Waals surface area contributed by atoms with Crippen molar-refractivity contribution in [2.24, 2.45) is 12.0 Å². The fourth-order valence-corrected chi connectivity index (χ4v) is 3.00. The van der Waals surface area contributed by atoms with Crippen molar-refractivity contribution in [1.29, 1.82) is 0 Å². The summed E-state index contributed by atoms with van der Waals surface area (Å²) in [6, 6.07) is 0. The number of nitrogens with one attached hydrogen (secondary N) is 1. The van der Waals surface area contributed by atoms with E-state index in [1.54, 1.807) is 22.0 Å². The second kappa shape index (κ2) is 9.72. The lowest BCUT2D eigenvalue weighted by Crippen LogP contribution is -2.55. The van der Waals surface area contributed by atoms with Gasteiger partial charge in [-0.2, -0.15) is 5.10 Å². The molecule has 1 amide bonds. The molecule has 1 N–H and O–H groups in total. The van der Waals surface area contributed by atoms with Crippen LogP contribution in [0.2, 0.25) is 0 Å². The second-order valence-corrected chi connectivity index (χ2v) is 6.24. The van der Waals surface area contributed by atoms with Gasteiger partial charge in [-0.25, -0.2) is 4.98 Å². The van der Waals surface area contributed by atoms with Gasteiger partial charge in [0.15, 0.2) is 5.96 Å². The van der Waals surface area contributed by atoms with E-state index in [4.69, 9.17) is 0 Å². The maximum absolute atomic E-state index is 12.6. The molecular weight excluding hydrogens is 459 g/mol. The van der Waals surface area contributed by atoms with Gasteiger partial charge < -0.3 is 19.7 Å². The summed E-state index contributed by atoms with van der Waals surface area (Å²) in [5.74, 6) is 1.82. The molecule has 2 aromatic rings. The van der Waals surface area contributed by atoms with Crippen LogP contribution in [0.25, 0.3) is 0 Å². The molecule has 1 fully saturated rings. The zero-order chi connectivity index (χ0) is 18.5. The largest absolute Gasteiger partial charge is 0.357 e. The van der Waals surface area contributed by atoms with Crippen molar-refractivity contribution in [3.63, 3.8) is 0 Å². The number of aryl methyl sites for hydroxylation is 2. The minimum atomic E-state index is 0. The van der Waals surface area contributed by atoms with E-state index in [0.29, 0.717) is 19.6 Å². The zero-order valence-electron chi connectivity index (χ0n) is 16.0. The summed E-state index contributed by atoms with van der Waals surface area (Å²) in [4.78, 5) is 25.3. The number of guanidine groups is 1. The first-order chi connectivity index (χ1) is 12.6. The minimum Gasteiger partial charge on any atom is -0.357 e. The lowest BCUT2D eigenvalue weighted by atomic mass is 10.3. The zero-order valence-corrected chi connectivity index (χ0v) is 18.3.